The first-order valence-electron chi connectivity index (χ1n) is 11.0. The van der Waals surface area contributed by atoms with Crippen LogP contribution in [0.1, 0.15) is 24.6 Å². The van der Waals surface area contributed by atoms with Crippen molar-refractivity contribution in [3.05, 3.63) is 72.6 Å². The molecule has 160 valence electrons. The van der Waals surface area contributed by atoms with Crippen LogP contribution < -0.4 is 4.74 Å². The number of carbonyl (C=O) groups excluding carboxylic acids is 1. The lowest BCUT2D eigenvalue weighted by Crippen LogP contribution is -2.40. The van der Waals surface area contributed by atoms with Crippen LogP contribution in [0.2, 0.25) is 0 Å². The zero-order chi connectivity index (χ0) is 21.5. The number of ether oxygens (including phenoxy) is 1. The van der Waals surface area contributed by atoms with Crippen LogP contribution in [0.15, 0.2) is 71.1 Å². The summed E-state index contributed by atoms with van der Waals surface area (Å²) in [6, 6.07) is 21.7. The molecule has 32 heavy (non-hydrogen) atoms. The molecule has 1 N–H and O–H groups in total. The Kier molecular flexibility index (Phi) is 4.56. The van der Waals surface area contributed by atoms with Crippen molar-refractivity contribution in [1.82, 2.24) is 14.9 Å². The quantitative estimate of drug-likeness (QED) is 0.427. The average Bonchev–Trinajstić information content (AvgIpc) is 3.44. The molecule has 6 rings (SSSR count). The lowest BCUT2D eigenvalue weighted by molar-refractivity contribution is -0.134. The molecule has 5 aromatic rings. The van der Waals surface area contributed by atoms with Crippen molar-refractivity contribution in [1.29, 1.82) is 0 Å². The number of benzene rings is 3. The Bertz CT molecular complexity index is 1390. The van der Waals surface area contributed by atoms with Crippen LogP contribution in [0.25, 0.3) is 33.0 Å². The van der Waals surface area contributed by atoms with Crippen molar-refractivity contribution < 1.29 is 13.9 Å². The second-order valence-corrected chi connectivity index (χ2v) is 8.34. The number of rotatable bonds is 4. The molecule has 2 aromatic heterocycles. The van der Waals surface area contributed by atoms with Crippen molar-refractivity contribution in [3.63, 3.8) is 0 Å². The number of carbonyl (C=O) groups is 1. The van der Waals surface area contributed by atoms with Gasteiger partial charge < -0.3 is 19.0 Å². The Balaban J connectivity index is 1.09. The third kappa shape index (κ3) is 3.38. The van der Waals surface area contributed by atoms with Crippen LogP contribution in [0.3, 0.4) is 0 Å². The number of nitrogens with one attached hydrogen (secondary N) is 1. The van der Waals surface area contributed by atoms with E-state index in [4.69, 9.17) is 14.1 Å². The monoisotopic (exact) mass is 425 g/mol. The summed E-state index contributed by atoms with van der Waals surface area (Å²) in [5.41, 5.74) is 3.73. The van der Waals surface area contributed by atoms with Gasteiger partial charge in [0.05, 0.1) is 11.0 Å². The number of piperidine rings is 1. The number of aromatic amines is 1. The van der Waals surface area contributed by atoms with E-state index in [9.17, 15) is 4.79 Å². The number of H-pyrrole nitrogens is 1. The Labute approximate surface area is 184 Å². The molecule has 6 heteroatoms. The van der Waals surface area contributed by atoms with Crippen LogP contribution in [0.4, 0.5) is 0 Å². The first-order valence-corrected chi connectivity index (χ1v) is 11.0. The highest BCUT2D eigenvalue weighted by molar-refractivity contribution is 6.05. The van der Waals surface area contributed by atoms with E-state index in [1.54, 1.807) is 0 Å². The van der Waals surface area contributed by atoms with E-state index in [2.05, 4.69) is 4.98 Å². The zero-order valence-electron chi connectivity index (χ0n) is 17.6. The van der Waals surface area contributed by atoms with Gasteiger partial charge in [-0.2, -0.15) is 0 Å². The van der Waals surface area contributed by atoms with E-state index >= 15 is 0 Å². The molecule has 0 bridgehead atoms. The maximum Gasteiger partial charge on any atom is 0.260 e. The number of hydrogen-bond acceptors (Lipinski definition) is 4. The fourth-order valence-corrected chi connectivity index (χ4v) is 4.60. The largest absolute Gasteiger partial charge is 0.484 e. The maximum absolute atomic E-state index is 12.7. The van der Waals surface area contributed by atoms with Crippen LogP contribution in [0.5, 0.6) is 5.75 Å². The summed E-state index contributed by atoms with van der Waals surface area (Å²) in [6.07, 6.45) is 1.80. The topological polar surface area (TPSA) is 71.4 Å². The molecule has 1 amide bonds. The normalized spacial score (nSPS) is 15.1. The number of imidazole rings is 1. The highest BCUT2D eigenvalue weighted by Gasteiger charge is 2.26. The number of nitrogens with zero attached hydrogens (tertiary/aromatic N) is 2. The van der Waals surface area contributed by atoms with Crippen molar-refractivity contribution in [2.45, 2.75) is 18.8 Å². The fraction of sp³-hybridized carbons (Fsp3) is 0.231. The van der Waals surface area contributed by atoms with Crippen molar-refractivity contribution in [3.8, 4) is 5.75 Å². The number of fused-ring (bicyclic) bond motifs is 4. The summed E-state index contributed by atoms with van der Waals surface area (Å²) in [5.74, 6) is 2.07. The van der Waals surface area contributed by atoms with E-state index in [1.165, 1.54) is 0 Å². The number of para-hydroxylation sites is 3. The second-order valence-electron chi connectivity index (χ2n) is 8.34. The second kappa shape index (κ2) is 7.71. The first kappa shape index (κ1) is 18.9. The third-order valence-electron chi connectivity index (χ3n) is 6.35. The summed E-state index contributed by atoms with van der Waals surface area (Å²) in [6.45, 7) is 1.47. The van der Waals surface area contributed by atoms with Gasteiger partial charge in [0.25, 0.3) is 5.91 Å². The SMILES string of the molecule is O=C(COc1ccc2oc3ccccc3c2c1)N1CCC(c2nc3ccccc3[nH]2)CC1. The van der Waals surface area contributed by atoms with E-state index in [0.29, 0.717) is 11.7 Å². The molecule has 0 unspecified atom stereocenters. The van der Waals surface area contributed by atoms with E-state index in [-0.39, 0.29) is 12.5 Å². The molecule has 0 aliphatic carbocycles. The van der Waals surface area contributed by atoms with Crippen molar-refractivity contribution in [2.24, 2.45) is 0 Å². The fourth-order valence-electron chi connectivity index (χ4n) is 4.60. The van der Waals surface area contributed by atoms with Gasteiger partial charge in [0, 0.05) is 29.8 Å². The number of aromatic nitrogens is 2. The van der Waals surface area contributed by atoms with Gasteiger partial charge in [0.15, 0.2) is 6.61 Å². The summed E-state index contributed by atoms with van der Waals surface area (Å²) >= 11 is 0. The third-order valence-corrected chi connectivity index (χ3v) is 6.35. The highest BCUT2D eigenvalue weighted by Crippen LogP contribution is 2.31. The molecule has 3 aromatic carbocycles. The maximum atomic E-state index is 12.7. The minimum absolute atomic E-state index is 0.0187. The van der Waals surface area contributed by atoms with Crippen molar-refractivity contribution >= 4 is 38.9 Å². The summed E-state index contributed by atoms with van der Waals surface area (Å²) in [5, 5.41) is 2.05. The molecule has 1 fully saturated rings. The van der Waals surface area contributed by atoms with Gasteiger partial charge in [0.2, 0.25) is 0 Å². The molecule has 0 radical (unpaired) electrons. The van der Waals surface area contributed by atoms with E-state index in [0.717, 1.165) is 64.7 Å². The molecular weight excluding hydrogens is 402 g/mol. The lowest BCUT2D eigenvalue weighted by atomic mass is 9.96. The predicted octanol–water partition coefficient (Wildman–Crippen LogP) is 5.25. The van der Waals surface area contributed by atoms with Gasteiger partial charge in [-0.05, 0) is 49.2 Å². The average molecular weight is 425 g/mol. The van der Waals surface area contributed by atoms with Gasteiger partial charge in [-0.3, -0.25) is 4.79 Å². The minimum Gasteiger partial charge on any atom is -0.484 e. The molecule has 6 nitrogen and oxygen atoms in total. The smallest absolute Gasteiger partial charge is 0.260 e. The molecule has 0 spiro atoms. The Morgan fingerprint density at radius 1 is 1.00 bits per heavy atom. The van der Waals surface area contributed by atoms with Crippen LogP contribution in [-0.2, 0) is 4.79 Å². The molecular formula is C26H23N3O3. The van der Waals surface area contributed by atoms with Gasteiger partial charge >= 0.3 is 0 Å². The Morgan fingerprint density at radius 2 is 1.78 bits per heavy atom. The summed E-state index contributed by atoms with van der Waals surface area (Å²) in [4.78, 5) is 22.8. The molecule has 0 saturated carbocycles. The molecule has 1 aliphatic rings. The minimum atomic E-state index is 0.0187. The standard InChI is InChI=1S/C26H23N3O3/c30-25(16-31-18-9-10-24-20(15-18)19-5-1-4-8-23(19)32-24)29-13-11-17(12-14-29)26-27-21-6-2-3-7-22(21)28-26/h1-10,15,17H,11-14,16H2,(H,27,28). The molecule has 1 aliphatic heterocycles. The molecule has 3 heterocycles. The lowest BCUT2D eigenvalue weighted by Gasteiger charge is -2.31. The Hall–Kier alpha value is -3.80. The van der Waals surface area contributed by atoms with E-state index in [1.807, 2.05) is 71.6 Å². The molecule has 1 saturated heterocycles. The van der Waals surface area contributed by atoms with E-state index < -0.39 is 0 Å². The van der Waals surface area contributed by atoms with Gasteiger partial charge in [0.1, 0.15) is 22.7 Å². The Morgan fingerprint density at radius 3 is 2.66 bits per heavy atom. The highest BCUT2D eigenvalue weighted by atomic mass is 16.5. The van der Waals surface area contributed by atoms with Crippen LogP contribution >= 0.6 is 0 Å². The number of amides is 1. The number of hydrogen-bond donors (Lipinski definition) is 1. The number of likely N-dealkylation sites (tertiary alicyclic amines) is 1. The zero-order valence-corrected chi connectivity index (χ0v) is 17.6. The predicted molar refractivity (Wildman–Crippen MR) is 124 cm³/mol. The summed E-state index contributed by atoms with van der Waals surface area (Å²) in [7, 11) is 0. The molecule has 0 atom stereocenters. The van der Waals surface area contributed by atoms with Crippen LogP contribution in [0, 0.1) is 0 Å². The van der Waals surface area contributed by atoms with Gasteiger partial charge in [-0.25, -0.2) is 4.98 Å². The number of furan rings is 1. The van der Waals surface area contributed by atoms with Crippen molar-refractivity contribution in [2.75, 3.05) is 19.7 Å². The first-order chi connectivity index (χ1) is 15.7. The summed E-state index contributed by atoms with van der Waals surface area (Å²) < 4.78 is 11.7. The van der Waals surface area contributed by atoms with Gasteiger partial charge in [-0.1, -0.05) is 30.3 Å². The van der Waals surface area contributed by atoms with Crippen LogP contribution in [-0.4, -0.2) is 40.5 Å². The van der Waals surface area contributed by atoms with Gasteiger partial charge in [-0.15, -0.1) is 0 Å².